The number of carbonyl (C=O) groups excluding carboxylic acids is 2. The van der Waals surface area contributed by atoms with Gasteiger partial charge in [0.15, 0.2) is 11.5 Å². The van der Waals surface area contributed by atoms with Gasteiger partial charge in [-0.2, -0.15) is 0 Å². The number of benzene rings is 2. The zero-order valence-corrected chi connectivity index (χ0v) is 17.6. The Hall–Kier alpha value is -3.32. The molecule has 0 aromatic heterocycles. The van der Waals surface area contributed by atoms with Gasteiger partial charge in [0.05, 0.1) is 53.0 Å². The van der Waals surface area contributed by atoms with Gasteiger partial charge in [-0.3, -0.25) is 9.59 Å². The topological polar surface area (TPSA) is 80.5 Å². The van der Waals surface area contributed by atoms with E-state index in [1.165, 1.54) is 19.1 Å². The Morgan fingerprint density at radius 1 is 1.03 bits per heavy atom. The summed E-state index contributed by atoms with van der Waals surface area (Å²) < 4.78 is 11.0. The van der Waals surface area contributed by atoms with Crippen molar-refractivity contribution in [1.29, 1.82) is 0 Å². The number of ketones is 1. The predicted molar refractivity (Wildman–Crippen MR) is 113 cm³/mol. The van der Waals surface area contributed by atoms with Crippen molar-refractivity contribution in [2.45, 2.75) is 6.04 Å². The fraction of sp³-hybridized carbons (Fsp3) is 0.304. The van der Waals surface area contributed by atoms with Crippen LogP contribution in [0.1, 0.15) is 17.2 Å². The first-order valence-electron chi connectivity index (χ1n) is 9.74. The summed E-state index contributed by atoms with van der Waals surface area (Å²) in [5.41, 5.74) is 1.11. The molecule has 3 rings (SSSR count). The van der Waals surface area contributed by atoms with Crippen LogP contribution in [-0.2, 0) is 9.59 Å². The van der Waals surface area contributed by atoms with E-state index in [9.17, 15) is 14.7 Å². The molecule has 30 heavy (non-hydrogen) atoms. The fourth-order valence-corrected chi connectivity index (χ4v) is 3.66. The van der Waals surface area contributed by atoms with Crippen LogP contribution in [-0.4, -0.2) is 63.1 Å². The summed E-state index contributed by atoms with van der Waals surface area (Å²) in [5, 5.41) is 11.0. The summed E-state index contributed by atoms with van der Waals surface area (Å²) in [6.45, 7) is 0.991. The first-order chi connectivity index (χ1) is 14.4. The number of carbonyl (C=O) groups is 2. The highest BCUT2D eigenvalue weighted by Crippen LogP contribution is 2.45. The van der Waals surface area contributed by atoms with Gasteiger partial charge in [-0.05, 0) is 6.07 Å². The van der Waals surface area contributed by atoms with Gasteiger partial charge in [-0.15, -0.1) is 0 Å². The number of para-hydroxylation sites is 1. The van der Waals surface area contributed by atoms with Crippen LogP contribution in [0.2, 0.25) is 0 Å². The SMILES string of the molecule is COc1cccc([C@H]2C(=C(O)c3ccccc3)C(=O)C(=O)N2CC[NH+](C)C)c1OC. The van der Waals surface area contributed by atoms with Gasteiger partial charge in [0.2, 0.25) is 0 Å². The molecule has 7 heteroatoms. The molecule has 2 N–H and O–H groups in total. The van der Waals surface area contributed by atoms with E-state index in [0.717, 1.165) is 4.90 Å². The molecule has 0 spiro atoms. The van der Waals surface area contributed by atoms with Crippen molar-refractivity contribution < 1.29 is 29.1 Å². The number of amides is 1. The van der Waals surface area contributed by atoms with Crippen molar-refractivity contribution in [2.24, 2.45) is 0 Å². The molecule has 7 nitrogen and oxygen atoms in total. The van der Waals surface area contributed by atoms with E-state index in [1.54, 1.807) is 42.5 Å². The Bertz CT molecular complexity index is 969. The van der Waals surface area contributed by atoms with Gasteiger partial charge < -0.3 is 24.4 Å². The second-order valence-corrected chi connectivity index (χ2v) is 7.40. The molecule has 0 aliphatic carbocycles. The van der Waals surface area contributed by atoms with Crippen LogP contribution >= 0.6 is 0 Å². The second-order valence-electron chi connectivity index (χ2n) is 7.40. The second kappa shape index (κ2) is 9.00. The van der Waals surface area contributed by atoms with Crippen LogP contribution in [0.3, 0.4) is 0 Å². The minimum atomic E-state index is -0.783. The van der Waals surface area contributed by atoms with Crippen LogP contribution in [0.15, 0.2) is 54.1 Å². The van der Waals surface area contributed by atoms with E-state index < -0.39 is 17.7 Å². The van der Waals surface area contributed by atoms with Crippen LogP contribution in [0, 0.1) is 0 Å². The Labute approximate surface area is 176 Å². The maximum absolute atomic E-state index is 13.0. The summed E-state index contributed by atoms with van der Waals surface area (Å²) in [4.78, 5) is 28.6. The van der Waals surface area contributed by atoms with E-state index >= 15 is 0 Å². The third-order valence-electron chi connectivity index (χ3n) is 5.17. The Morgan fingerprint density at radius 3 is 2.33 bits per heavy atom. The monoisotopic (exact) mass is 411 g/mol. The molecule has 1 amide bonds. The average Bonchev–Trinajstić information content (AvgIpc) is 3.01. The Balaban J connectivity index is 2.23. The van der Waals surface area contributed by atoms with E-state index in [0.29, 0.717) is 35.7 Å². The van der Waals surface area contributed by atoms with Crippen molar-refractivity contribution in [2.75, 3.05) is 41.4 Å². The maximum Gasteiger partial charge on any atom is 0.295 e. The molecular formula is C23H27N2O5+. The van der Waals surface area contributed by atoms with Gasteiger partial charge in [-0.25, -0.2) is 0 Å². The maximum atomic E-state index is 13.0. The lowest BCUT2D eigenvalue weighted by Crippen LogP contribution is -3.06. The Kier molecular flexibility index (Phi) is 6.42. The van der Waals surface area contributed by atoms with E-state index in [2.05, 4.69) is 0 Å². The molecule has 1 atom stereocenters. The van der Waals surface area contributed by atoms with Crippen LogP contribution in [0.5, 0.6) is 11.5 Å². The third kappa shape index (κ3) is 3.89. The van der Waals surface area contributed by atoms with Gasteiger partial charge in [0.1, 0.15) is 5.76 Å². The zero-order chi connectivity index (χ0) is 21.8. The molecule has 1 aliphatic heterocycles. The molecule has 1 saturated heterocycles. The summed E-state index contributed by atoms with van der Waals surface area (Å²) in [7, 11) is 6.98. The summed E-state index contributed by atoms with van der Waals surface area (Å²) in [5.74, 6) is -0.640. The van der Waals surface area contributed by atoms with Crippen molar-refractivity contribution in [3.8, 4) is 11.5 Å². The molecule has 0 bridgehead atoms. The number of rotatable bonds is 7. The quantitative estimate of drug-likeness (QED) is 0.408. The summed E-state index contributed by atoms with van der Waals surface area (Å²) in [6, 6.07) is 13.3. The largest absolute Gasteiger partial charge is 0.507 e. The van der Waals surface area contributed by atoms with Crippen molar-refractivity contribution in [1.82, 2.24) is 4.90 Å². The van der Waals surface area contributed by atoms with Crippen LogP contribution in [0.25, 0.3) is 5.76 Å². The highest BCUT2D eigenvalue weighted by molar-refractivity contribution is 6.46. The molecule has 2 aromatic carbocycles. The number of quaternary nitrogens is 1. The number of likely N-dealkylation sites (N-methyl/N-ethyl adjacent to an activating group) is 1. The molecule has 1 fully saturated rings. The molecular weight excluding hydrogens is 384 g/mol. The lowest BCUT2D eigenvalue weighted by Gasteiger charge is -2.27. The fourth-order valence-electron chi connectivity index (χ4n) is 3.66. The van der Waals surface area contributed by atoms with Gasteiger partial charge in [-0.1, -0.05) is 42.5 Å². The van der Waals surface area contributed by atoms with E-state index in [-0.39, 0.29) is 11.3 Å². The number of aliphatic hydroxyl groups is 1. The van der Waals surface area contributed by atoms with Gasteiger partial charge >= 0.3 is 0 Å². The molecule has 0 saturated carbocycles. The highest BCUT2D eigenvalue weighted by Gasteiger charge is 2.47. The lowest BCUT2D eigenvalue weighted by atomic mass is 9.94. The summed E-state index contributed by atoms with van der Waals surface area (Å²) in [6.07, 6.45) is 0. The standard InChI is InChI=1S/C23H26N2O5/c1-24(2)13-14-25-19(16-11-8-12-17(29-3)22(16)30-4)18(21(27)23(25)28)20(26)15-9-6-5-7-10-15/h5-12,19,26H,13-14H2,1-4H3/p+1/t19-/m0/s1. The summed E-state index contributed by atoms with van der Waals surface area (Å²) >= 11 is 0. The first-order valence-corrected chi connectivity index (χ1v) is 9.74. The minimum Gasteiger partial charge on any atom is -0.507 e. The molecule has 158 valence electrons. The third-order valence-corrected chi connectivity index (χ3v) is 5.17. The predicted octanol–water partition coefficient (Wildman–Crippen LogP) is 1.27. The minimum absolute atomic E-state index is 0.0477. The molecule has 2 aromatic rings. The van der Waals surface area contributed by atoms with Crippen LogP contribution in [0.4, 0.5) is 0 Å². The molecule has 1 heterocycles. The smallest absolute Gasteiger partial charge is 0.295 e. The van der Waals surface area contributed by atoms with E-state index in [4.69, 9.17) is 9.47 Å². The zero-order valence-electron chi connectivity index (χ0n) is 17.6. The number of ether oxygens (including phenoxy) is 2. The van der Waals surface area contributed by atoms with E-state index in [1.807, 2.05) is 20.2 Å². The number of methoxy groups -OCH3 is 2. The number of nitrogens with zero attached hydrogens (tertiary/aromatic N) is 1. The number of likely N-dealkylation sites (tertiary alicyclic amines) is 1. The number of hydrogen-bond acceptors (Lipinski definition) is 5. The number of Topliss-reactive ketones (excluding diaryl/α,β-unsaturated/α-hetero) is 1. The Morgan fingerprint density at radius 2 is 1.73 bits per heavy atom. The van der Waals surface area contributed by atoms with Crippen molar-refractivity contribution in [3.05, 3.63) is 65.2 Å². The lowest BCUT2D eigenvalue weighted by molar-refractivity contribution is -0.857. The number of hydrogen-bond donors (Lipinski definition) is 2. The van der Waals surface area contributed by atoms with Crippen molar-refractivity contribution in [3.63, 3.8) is 0 Å². The molecule has 1 aliphatic rings. The van der Waals surface area contributed by atoms with Gasteiger partial charge in [0.25, 0.3) is 11.7 Å². The van der Waals surface area contributed by atoms with Crippen molar-refractivity contribution >= 4 is 17.4 Å². The van der Waals surface area contributed by atoms with Crippen LogP contribution < -0.4 is 14.4 Å². The first kappa shape index (κ1) is 21.4. The highest BCUT2D eigenvalue weighted by atomic mass is 16.5. The molecule has 0 unspecified atom stereocenters. The number of nitrogens with one attached hydrogen (secondary N) is 1. The van der Waals surface area contributed by atoms with Gasteiger partial charge in [0, 0.05) is 11.1 Å². The normalized spacial score (nSPS) is 18.2. The number of aliphatic hydroxyl groups excluding tert-OH is 1. The molecule has 0 radical (unpaired) electrons. The average molecular weight is 411 g/mol.